The van der Waals surface area contributed by atoms with Crippen molar-refractivity contribution in [3.63, 3.8) is 0 Å². The molecule has 4 heteroatoms. The average molecular weight is 255 g/mol. The van der Waals surface area contributed by atoms with Crippen molar-refractivity contribution in [1.29, 1.82) is 0 Å². The molecule has 0 fully saturated rings. The predicted octanol–water partition coefficient (Wildman–Crippen LogP) is 2.52. The van der Waals surface area contributed by atoms with Crippen LogP contribution in [-0.2, 0) is 22.4 Å². The molecule has 0 bridgehead atoms. The molecule has 1 unspecified atom stereocenters. The second-order valence-corrected chi connectivity index (χ2v) is 5.28. The number of nitrogens with two attached hydrogens (primary N) is 1. The van der Waals surface area contributed by atoms with Crippen LogP contribution < -0.4 is 5.73 Å². The van der Waals surface area contributed by atoms with Gasteiger partial charge in [0.05, 0.1) is 6.61 Å². The van der Waals surface area contributed by atoms with Gasteiger partial charge < -0.3 is 10.5 Å². The standard InChI is InChI=1S/C13H21NO2S/c1-3-11-6-7-12(17-11)9-10(14)5-8-13(15)16-4-2/h6-7,10H,3-5,8-9,14H2,1-2H3. The summed E-state index contributed by atoms with van der Waals surface area (Å²) < 4.78 is 4.87. The maximum Gasteiger partial charge on any atom is 0.305 e. The maximum atomic E-state index is 11.2. The van der Waals surface area contributed by atoms with E-state index in [0.29, 0.717) is 19.4 Å². The topological polar surface area (TPSA) is 52.3 Å². The Hall–Kier alpha value is -0.870. The van der Waals surface area contributed by atoms with Crippen molar-refractivity contribution in [2.24, 2.45) is 5.73 Å². The lowest BCUT2D eigenvalue weighted by Crippen LogP contribution is -2.23. The zero-order valence-corrected chi connectivity index (χ0v) is 11.4. The molecule has 0 aromatic carbocycles. The Morgan fingerprint density at radius 2 is 2.12 bits per heavy atom. The van der Waals surface area contributed by atoms with Crippen molar-refractivity contribution < 1.29 is 9.53 Å². The van der Waals surface area contributed by atoms with Gasteiger partial charge >= 0.3 is 5.97 Å². The molecule has 0 spiro atoms. The molecule has 0 aliphatic heterocycles. The first-order valence-electron chi connectivity index (χ1n) is 6.14. The number of thiophene rings is 1. The molecule has 0 radical (unpaired) electrons. The van der Waals surface area contributed by atoms with E-state index in [4.69, 9.17) is 10.5 Å². The van der Waals surface area contributed by atoms with Gasteiger partial charge in [0.1, 0.15) is 0 Å². The van der Waals surface area contributed by atoms with Gasteiger partial charge in [-0.2, -0.15) is 0 Å². The van der Waals surface area contributed by atoms with Crippen LogP contribution in [0.15, 0.2) is 12.1 Å². The lowest BCUT2D eigenvalue weighted by Gasteiger charge is -2.09. The summed E-state index contributed by atoms with van der Waals surface area (Å²) in [5.41, 5.74) is 6.00. The van der Waals surface area contributed by atoms with Gasteiger partial charge in [0, 0.05) is 22.2 Å². The summed E-state index contributed by atoms with van der Waals surface area (Å²) in [6.45, 7) is 4.41. The molecule has 1 aromatic heterocycles. The van der Waals surface area contributed by atoms with Crippen LogP contribution >= 0.6 is 11.3 Å². The molecule has 0 aliphatic carbocycles. The molecule has 0 aliphatic rings. The molecular formula is C13H21NO2S. The second kappa shape index (κ2) is 7.45. The van der Waals surface area contributed by atoms with E-state index < -0.39 is 0 Å². The largest absolute Gasteiger partial charge is 0.466 e. The smallest absolute Gasteiger partial charge is 0.305 e. The van der Waals surface area contributed by atoms with Gasteiger partial charge in [0.2, 0.25) is 0 Å². The first-order chi connectivity index (χ1) is 8.15. The van der Waals surface area contributed by atoms with E-state index in [9.17, 15) is 4.79 Å². The van der Waals surface area contributed by atoms with Crippen LogP contribution in [0.25, 0.3) is 0 Å². The number of ether oxygens (including phenoxy) is 1. The van der Waals surface area contributed by atoms with E-state index in [1.807, 2.05) is 18.3 Å². The summed E-state index contributed by atoms with van der Waals surface area (Å²) in [6.07, 6.45) is 3.03. The number of aryl methyl sites for hydroxylation is 1. The molecule has 1 atom stereocenters. The Balaban J connectivity index is 2.29. The summed E-state index contributed by atoms with van der Waals surface area (Å²) in [6, 6.07) is 4.33. The molecule has 0 amide bonds. The monoisotopic (exact) mass is 255 g/mol. The number of hydrogen-bond donors (Lipinski definition) is 1. The quantitative estimate of drug-likeness (QED) is 0.762. The Kier molecular flexibility index (Phi) is 6.22. The SMILES string of the molecule is CCOC(=O)CCC(N)Cc1ccc(CC)s1. The zero-order chi connectivity index (χ0) is 12.7. The van der Waals surface area contributed by atoms with Crippen LogP contribution in [0, 0.1) is 0 Å². The molecular weight excluding hydrogens is 234 g/mol. The van der Waals surface area contributed by atoms with E-state index in [2.05, 4.69) is 19.1 Å². The van der Waals surface area contributed by atoms with E-state index in [1.165, 1.54) is 9.75 Å². The summed E-state index contributed by atoms with van der Waals surface area (Å²) in [7, 11) is 0. The van der Waals surface area contributed by atoms with Gasteiger partial charge in [-0.3, -0.25) is 4.79 Å². The van der Waals surface area contributed by atoms with Gasteiger partial charge in [-0.1, -0.05) is 6.92 Å². The molecule has 1 rings (SSSR count). The predicted molar refractivity (Wildman–Crippen MR) is 71.2 cm³/mol. The van der Waals surface area contributed by atoms with Crippen molar-refractivity contribution in [1.82, 2.24) is 0 Å². The molecule has 3 nitrogen and oxygen atoms in total. The van der Waals surface area contributed by atoms with Crippen LogP contribution in [-0.4, -0.2) is 18.6 Å². The van der Waals surface area contributed by atoms with Gasteiger partial charge in [-0.15, -0.1) is 11.3 Å². The first-order valence-corrected chi connectivity index (χ1v) is 6.96. The van der Waals surface area contributed by atoms with Crippen molar-refractivity contribution in [2.75, 3.05) is 6.61 Å². The maximum absolute atomic E-state index is 11.2. The fourth-order valence-electron chi connectivity index (χ4n) is 1.62. The van der Waals surface area contributed by atoms with Crippen LogP contribution in [0.5, 0.6) is 0 Å². The van der Waals surface area contributed by atoms with Crippen LogP contribution in [0.1, 0.15) is 36.4 Å². The molecule has 96 valence electrons. The van der Waals surface area contributed by atoms with Crippen LogP contribution in [0.3, 0.4) is 0 Å². The highest BCUT2D eigenvalue weighted by Gasteiger charge is 2.09. The highest BCUT2D eigenvalue weighted by atomic mass is 32.1. The minimum Gasteiger partial charge on any atom is -0.466 e. The third kappa shape index (κ3) is 5.33. The fraction of sp³-hybridized carbons (Fsp3) is 0.615. The van der Waals surface area contributed by atoms with Crippen molar-refractivity contribution >= 4 is 17.3 Å². The van der Waals surface area contributed by atoms with Gasteiger partial charge in [-0.25, -0.2) is 0 Å². The number of carbonyl (C=O) groups excluding carboxylic acids is 1. The lowest BCUT2D eigenvalue weighted by atomic mass is 10.1. The summed E-state index contributed by atoms with van der Waals surface area (Å²) in [4.78, 5) is 13.9. The zero-order valence-electron chi connectivity index (χ0n) is 10.6. The van der Waals surface area contributed by atoms with Crippen molar-refractivity contribution in [3.05, 3.63) is 21.9 Å². The lowest BCUT2D eigenvalue weighted by molar-refractivity contribution is -0.143. The van der Waals surface area contributed by atoms with Crippen molar-refractivity contribution in [3.8, 4) is 0 Å². The molecule has 0 saturated carbocycles. The third-order valence-corrected chi connectivity index (χ3v) is 3.81. The highest BCUT2D eigenvalue weighted by Crippen LogP contribution is 2.19. The summed E-state index contributed by atoms with van der Waals surface area (Å²) in [5, 5.41) is 0. The molecule has 0 saturated heterocycles. The van der Waals surface area contributed by atoms with Crippen molar-refractivity contribution in [2.45, 2.75) is 45.6 Å². The van der Waals surface area contributed by atoms with E-state index in [1.54, 1.807) is 0 Å². The fourth-order valence-corrected chi connectivity index (χ4v) is 2.67. The molecule has 1 heterocycles. The Morgan fingerprint density at radius 1 is 1.41 bits per heavy atom. The minimum atomic E-state index is -0.150. The number of rotatable bonds is 7. The molecule has 1 aromatic rings. The van der Waals surface area contributed by atoms with Crippen LogP contribution in [0.2, 0.25) is 0 Å². The number of carbonyl (C=O) groups is 1. The van der Waals surface area contributed by atoms with E-state index >= 15 is 0 Å². The average Bonchev–Trinajstić information content (AvgIpc) is 2.74. The van der Waals surface area contributed by atoms with Gasteiger partial charge in [-0.05, 0) is 38.3 Å². The Bertz CT molecular complexity index is 349. The Labute approximate surface area is 107 Å². The summed E-state index contributed by atoms with van der Waals surface area (Å²) >= 11 is 1.81. The van der Waals surface area contributed by atoms with E-state index in [0.717, 1.165) is 12.8 Å². The van der Waals surface area contributed by atoms with Gasteiger partial charge in [0.15, 0.2) is 0 Å². The third-order valence-electron chi connectivity index (χ3n) is 2.55. The number of esters is 1. The van der Waals surface area contributed by atoms with Crippen LogP contribution in [0.4, 0.5) is 0 Å². The minimum absolute atomic E-state index is 0.0442. The normalized spacial score (nSPS) is 12.4. The second-order valence-electron chi connectivity index (χ2n) is 4.03. The molecule has 2 N–H and O–H groups in total. The first kappa shape index (κ1) is 14.2. The van der Waals surface area contributed by atoms with E-state index in [-0.39, 0.29) is 12.0 Å². The van der Waals surface area contributed by atoms with Gasteiger partial charge in [0.25, 0.3) is 0 Å². The molecule has 17 heavy (non-hydrogen) atoms. The number of hydrogen-bond acceptors (Lipinski definition) is 4. The Morgan fingerprint density at radius 3 is 2.71 bits per heavy atom. The summed E-state index contributed by atoms with van der Waals surface area (Å²) in [5.74, 6) is -0.150. The highest BCUT2D eigenvalue weighted by molar-refractivity contribution is 7.11.